The van der Waals surface area contributed by atoms with Crippen molar-refractivity contribution in [1.29, 1.82) is 0 Å². The molecule has 0 spiro atoms. The molecule has 3 rings (SSSR count). The number of anilines is 1. The van der Waals surface area contributed by atoms with E-state index in [2.05, 4.69) is 0 Å². The maximum atomic E-state index is 13.1. The van der Waals surface area contributed by atoms with Crippen molar-refractivity contribution in [2.45, 2.75) is 37.6 Å². The number of nitrogens with zero attached hydrogens (tertiary/aromatic N) is 1. The van der Waals surface area contributed by atoms with Gasteiger partial charge in [0.1, 0.15) is 0 Å². The van der Waals surface area contributed by atoms with E-state index in [0.29, 0.717) is 5.56 Å². The smallest absolute Gasteiger partial charge is 0.264 e. The molecule has 0 fully saturated rings. The molecule has 0 radical (unpaired) electrons. The van der Waals surface area contributed by atoms with Crippen LogP contribution in [0.15, 0.2) is 53.4 Å². The topological polar surface area (TPSA) is 54.5 Å². The minimum atomic E-state index is -3.65. The molecule has 0 bridgehead atoms. The van der Waals surface area contributed by atoms with Gasteiger partial charge in [-0.05, 0) is 50.5 Å². The lowest BCUT2D eigenvalue weighted by Crippen LogP contribution is -2.42. The minimum absolute atomic E-state index is 0.0781. The molecule has 0 amide bonds. The van der Waals surface area contributed by atoms with E-state index in [1.54, 1.807) is 12.1 Å². The van der Waals surface area contributed by atoms with Crippen LogP contribution in [0.1, 0.15) is 36.2 Å². The molecule has 2 aromatic carbocycles. The Kier molecular flexibility index (Phi) is 3.98. The quantitative estimate of drug-likeness (QED) is 0.811. The molecule has 0 N–H and O–H groups in total. The largest absolute Gasteiger partial charge is 0.295 e. The maximum absolute atomic E-state index is 13.1. The molecule has 1 aliphatic heterocycles. The van der Waals surface area contributed by atoms with Crippen LogP contribution >= 0.6 is 0 Å². The zero-order valence-electron chi connectivity index (χ0n) is 13.2. The molecule has 0 saturated heterocycles. The number of Topliss-reactive ketones (excluding diaryl/α,β-unsaturated/α-hetero) is 1. The van der Waals surface area contributed by atoms with Crippen LogP contribution in [0.5, 0.6) is 0 Å². The maximum Gasteiger partial charge on any atom is 0.264 e. The zero-order valence-corrected chi connectivity index (χ0v) is 14.0. The normalized spacial score (nSPS) is 17.7. The highest BCUT2D eigenvalue weighted by molar-refractivity contribution is 7.92. The number of fused-ring (bicyclic) bond motifs is 1. The van der Waals surface area contributed by atoms with Gasteiger partial charge in [-0.1, -0.05) is 30.3 Å². The van der Waals surface area contributed by atoms with Gasteiger partial charge in [-0.3, -0.25) is 9.10 Å². The Morgan fingerprint density at radius 3 is 2.39 bits per heavy atom. The van der Waals surface area contributed by atoms with Gasteiger partial charge < -0.3 is 0 Å². The summed E-state index contributed by atoms with van der Waals surface area (Å²) in [5, 5.41) is 0. The van der Waals surface area contributed by atoms with E-state index in [1.807, 2.05) is 31.2 Å². The van der Waals surface area contributed by atoms with Crippen LogP contribution in [0.3, 0.4) is 0 Å². The van der Waals surface area contributed by atoms with Crippen molar-refractivity contribution in [3.8, 4) is 0 Å². The number of hydrogen-bond acceptors (Lipinski definition) is 3. The second kappa shape index (κ2) is 5.81. The van der Waals surface area contributed by atoms with E-state index in [9.17, 15) is 13.2 Å². The van der Waals surface area contributed by atoms with E-state index in [4.69, 9.17) is 0 Å². The van der Waals surface area contributed by atoms with Gasteiger partial charge >= 0.3 is 0 Å². The van der Waals surface area contributed by atoms with Crippen LogP contribution in [0.2, 0.25) is 0 Å². The van der Waals surface area contributed by atoms with E-state index in [0.717, 1.165) is 24.1 Å². The highest BCUT2D eigenvalue weighted by Crippen LogP contribution is 2.35. The van der Waals surface area contributed by atoms with Gasteiger partial charge in [0.25, 0.3) is 10.0 Å². The molecule has 4 nitrogen and oxygen atoms in total. The number of carbonyl (C=O) groups is 1. The van der Waals surface area contributed by atoms with Gasteiger partial charge in [0.15, 0.2) is 5.78 Å². The lowest BCUT2D eigenvalue weighted by Gasteiger charge is -2.36. The van der Waals surface area contributed by atoms with Crippen molar-refractivity contribution in [2.75, 3.05) is 4.31 Å². The van der Waals surface area contributed by atoms with E-state index < -0.39 is 10.0 Å². The van der Waals surface area contributed by atoms with Gasteiger partial charge in [-0.15, -0.1) is 0 Å². The number of rotatable bonds is 3. The number of benzene rings is 2. The highest BCUT2D eigenvalue weighted by Gasteiger charge is 2.33. The number of aryl methyl sites for hydroxylation is 1. The number of carbonyl (C=O) groups excluding carboxylic acids is 1. The fraction of sp³-hybridized carbons (Fsp3) is 0.278. The summed E-state index contributed by atoms with van der Waals surface area (Å²) < 4.78 is 27.7. The van der Waals surface area contributed by atoms with Gasteiger partial charge in [0.2, 0.25) is 0 Å². The Labute approximate surface area is 136 Å². The van der Waals surface area contributed by atoms with Crippen LogP contribution in [-0.4, -0.2) is 20.2 Å². The first kappa shape index (κ1) is 15.7. The van der Waals surface area contributed by atoms with Crippen molar-refractivity contribution in [3.05, 3.63) is 59.7 Å². The first-order valence-corrected chi connectivity index (χ1v) is 9.08. The van der Waals surface area contributed by atoms with Crippen molar-refractivity contribution >= 4 is 21.5 Å². The zero-order chi connectivity index (χ0) is 16.6. The molecule has 0 aromatic heterocycles. The monoisotopic (exact) mass is 329 g/mol. The Balaban J connectivity index is 2.07. The third-order valence-corrected chi connectivity index (χ3v) is 6.22. The average molecular weight is 329 g/mol. The summed E-state index contributed by atoms with van der Waals surface area (Å²) in [5.41, 5.74) is 2.31. The molecule has 0 aliphatic carbocycles. The number of ketones is 1. The summed E-state index contributed by atoms with van der Waals surface area (Å²) >= 11 is 0. The predicted octanol–water partition coefficient (Wildman–Crippen LogP) is 3.42. The Bertz CT molecular complexity index is 841. The molecule has 2 aromatic rings. The number of sulfonamides is 1. The lowest BCUT2D eigenvalue weighted by molar-refractivity contribution is 0.101. The summed E-state index contributed by atoms with van der Waals surface area (Å²) in [6.45, 7) is 3.39. The molecular formula is C18H19NO3S. The molecule has 120 valence electrons. The molecule has 1 aliphatic rings. The summed E-state index contributed by atoms with van der Waals surface area (Å²) in [6, 6.07) is 13.7. The lowest BCUT2D eigenvalue weighted by atomic mass is 9.99. The fourth-order valence-corrected chi connectivity index (χ4v) is 4.72. The van der Waals surface area contributed by atoms with Gasteiger partial charge in [0.05, 0.1) is 10.6 Å². The molecular weight excluding hydrogens is 310 g/mol. The van der Waals surface area contributed by atoms with Crippen LogP contribution in [0.25, 0.3) is 0 Å². The van der Waals surface area contributed by atoms with Crippen LogP contribution in [0.4, 0.5) is 5.69 Å². The summed E-state index contributed by atoms with van der Waals surface area (Å²) in [5.74, 6) is -0.0781. The second-order valence-corrected chi connectivity index (χ2v) is 7.71. The van der Waals surface area contributed by atoms with Crippen LogP contribution in [0, 0.1) is 0 Å². The molecule has 0 unspecified atom stereocenters. The third-order valence-electron chi connectivity index (χ3n) is 4.28. The Hall–Kier alpha value is -2.14. The van der Waals surface area contributed by atoms with Crippen LogP contribution in [-0.2, 0) is 16.4 Å². The van der Waals surface area contributed by atoms with Crippen molar-refractivity contribution in [3.63, 3.8) is 0 Å². The third kappa shape index (κ3) is 2.77. The first-order valence-electron chi connectivity index (χ1n) is 7.64. The summed E-state index contributed by atoms with van der Waals surface area (Å²) in [6.07, 6.45) is 1.68. The average Bonchev–Trinajstić information content (AvgIpc) is 2.54. The van der Waals surface area contributed by atoms with Gasteiger partial charge in [0, 0.05) is 11.6 Å². The minimum Gasteiger partial charge on any atom is -0.295 e. The molecule has 1 heterocycles. The predicted molar refractivity (Wildman–Crippen MR) is 90.3 cm³/mol. The van der Waals surface area contributed by atoms with Gasteiger partial charge in [-0.2, -0.15) is 0 Å². The fourth-order valence-electron chi connectivity index (χ4n) is 3.00. The van der Waals surface area contributed by atoms with Crippen molar-refractivity contribution < 1.29 is 13.2 Å². The van der Waals surface area contributed by atoms with Crippen molar-refractivity contribution in [2.24, 2.45) is 0 Å². The molecule has 23 heavy (non-hydrogen) atoms. The summed E-state index contributed by atoms with van der Waals surface area (Å²) in [7, 11) is -3.65. The number of hydrogen-bond donors (Lipinski definition) is 0. The molecule has 5 heteroatoms. The van der Waals surface area contributed by atoms with E-state index in [1.165, 1.54) is 23.4 Å². The molecule has 0 saturated carbocycles. The van der Waals surface area contributed by atoms with E-state index >= 15 is 0 Å². The first-order chi connectivity index (χ1) is 10.9. The standard InChI is InChI=1S/C18H19NO3S/c1-13-7-8-16-5-3-4-6-18(16)19(13)23(21,22)17-11-9-15(10-12-17)14(2)20/h3-6,9-13H,7-8H2,1-2H3/t13-/m1/s1. The van der Waals surface area contributed by atoms with Crippen molar-refractivity contribution in [1.82, 2.24) is 0 Å². The number of para-hydroxylation sites is 1. The Morgan fingerprint density at radius 1 is 1.09 bits per heavy atom. The van der Waals surface area contributed by atoms with Crippen LogP contribution < -0.4 is 4.31 Å². The van der Waals surface area contributed by atoms with Gasteiger partial charge in [-0.25, -0.2) is 8.42 Å². The highest BCUT2D eigenvalue weighted by atomic mass is 32.2. The SMILES string of the molecule is CC(=O)c1ccc(S(=O)(=O)N2c3ccccc3CC[C@H]2C)cc1. The molecule has 1 atom stereocenters. The second-order valence-electron chi connectivity index (χ2n) is 5.90. The van der Waals surface area contributed by atoms with E-state index in [-0.39, 0.29) is 16.7 Å². The Morgan fingerprint density at radius 2 is 1.74 bits per heavy atom. The summed E-state index contributed by atoms with van der Waals surface area (Å²) in [4.78, 5) is 11.6.